The normalized spacial score (nSPS) is 10.8. The number of aryl methyl sites for hydroxylation is 1. The summed E-state index contributed by atoms with van der Waals surface area (Å²) >= 11 is 0. The fraction of sp³-hybridized carbons (Fsp3) is 0.333. The minimum atomic E-state index is 0. The molecular weight excluding hydrogens is 413 g/mol. The van der Waals surface area contributed by atoms with Crippen LogP contribution in [-0.4, -0.2) is 32.1 Å². The highest BCUT2D eigenvalue weighted by Crippen LogP contribution is 2.17. The standard InChI is InChI=1S/C18H25N5.HI/c1-14-11-17(23(3)4)9-8-15(14)12-21-18(19-2)22-13-16-7-5-6-10-20-16;/h5-11H,12-13H2,1-4H3,(H2,19,21,22);1H. The Hall–Kier alpha value is -1.83. The monoisotopic (exact) mass is 439 g/mol. The van der Waals surface area contributed by atoms with Gasteiger partial charge in [0.25, 0.3) is 0 Å². The Balaban J connectivity index is 0.00000288. The number of pyridine rings is 1. The van der Waals surface area contributed by atoms with E-state index >= 15 is 0 Å². The molecule has 6 heteroatoms. The second-order valence-electron chi connectivity index (χ2n) is 5.61. The Kier molecular flexibility index (Phi) is 8.53. The van der Waals surface area contributed by atoms with Crippen LogP contribution in [0.2, 0.25) is 0 Å². The van der Waals surface area contributed by atoms with Crippen LogP contribution in [0.25, 0.3) is 0 Å². The fourth-order valence-corrected chi connectivity index (χ4v) is 2.23. The maximum atomic E-state index is 4.29. The smallest absolute Gasteiger partial charge is 0.191 e. The van der Waals surface area contributed by atoms with E-state index in [-0.39, 0.29) is 24.0 Å². The molecule has 2 aromatic rings. The summed E-state index contributed by atoms with van der Waals surface area (Å²) < 4.78 is 0. The summed E-state index contributed by atoms with van der Waals surface area (Å²) in [6, 6.07) is 12.4. The van der Waals surface area contributed by atoms with Crippen molar-refractivity contribution in [3.63, 3.8) is 0 Å². The zero-order chi connectivity index (χ0) is 16.7. The first-order valence-corrected chi connectivity index (χ1v) is 7.71. The molecule has 0 radical (unpaired) electrons. The van der Waals surface area contributed by atoms with Crippen LogP contribution in [0.3, 0.4) is 0 Å². The zero-order valence-electron chi connectivity index (χ0n) is 14.7. The molecule has 130 valence electrons. The first kappa shape index (κ1) is 20.2. The van der Waals surface area contributed by atoms with Crippen molar-refractivity contribution >= 4 is 35.6 Å². The molecule has 0 amide bonds. The third-order valence-electron chi connectivity index (χ3n) is 3.68. The lowest BCUT2D eigenvalue weighted by Crippen LogP contribution is -2.36. The van der Waals surface area contributed by atoms with Gasteiger partial charge in [0.15, 0.2) is 5.96 Å². The summed E-state index contributed by atoms with van der Waals surface area (Å²) in [6.07, 6.45) is 1.79. The summed E-state index contributed by atoms with van der Waals surface area (Å²) in [7, 11) is 5.88. The highest BCUT2D eigenvalue weighted by atomic mass is 127. The molecule has 5 nitrogen and oxygen atoms in total. The summed E-state index contributed by atoms with van der Waals surface area (Å²) in [4.78, 5) is 10.7. The number of anilines is 1. The highest BCUT2D eigenvalue weighted by molar-refractivity contribution is 14.0. The van der Waals surface area contributed by atoms with Gasteiger partial charge in [0.2, 0.25) is 0 Å². The fourth-order valence-electron chi connectivity index (χ4n) is 2.23. The quantitative estimate of drug-likeness (QED) is 0.428. The first-order chi connectivity index (χ1) is 11.1. The number of rotatable bonds is 5. The maximum Gasteiger partial charge on any atom is 0.191 e. The van der Waals surface area contributed by atoms with E-state index in [2.05, 4.69) is 64.7 Å². The van der Waals surface area contributed by atoms with Gasteiger partial charge in [-0.3, -0.25) is 9.98 Å². The van der Waals surface area contributed by atoms with Crippen molar-refractivity contribution in [1.82, 2.24) is 15.6 Å². The van der Waals surface area contributed by atoms with Crippen LogP contribution in [0.1, 0.15) is 16.8 Å². The first-order valence-electron chi connectivity index (χ1n) is 7.71. The number of guanidine groups is 1. The lowest BCUT2D eigenvalue weighted by Gasteiger charge is -2.16. The van der Waals surface area contributed by atoms with Gasteiger partial charge in [-0.2, -0.15) is 0 Å². The SMILES string of the molecule is CN=C(NCc1ccccn1)NCc1ccc(N(C)C)cc1C.I. The molecule has 1 aromatic carbocycles. The van der Waals surface area contributed by atoms with E-state index in [1.807, 2.05) is 18.2 Å². The Morgan fingerprint density at radius 3 is 2.46 bits per heavy atom. The third-order valence-corrected chi connectivity index (χ3v) is 3.68. The van der Waals surface area contributed by atoms with Crippen LogP contribution in [-0.2, 0) is 13.1 Å². The third kappa shape index (κ3) is 5.99. The molecule has 0 unspecified atom stereocenters. The number of aromatic nitrogens is 1. The van der Waals surface area contributed by atoms with Crippen molar-refractivity contribution in [2.45, 2.75) is 20.0 Å². The molecule has 0 atom stereocenters. The Labute approximate surface area is 161 Å². The molecule has 0 aliphatic heterocycles. The van der Waals surface area contributed by atoms with Crippen LogP contribution < -0.4 is 15.5 Å². The second-order valence-corrected chi connectivity index (χ2v) is 5.61. The van der Waals surface area contributed by atoms with E-state index in [0.717, 1.165) is 18.2 Å². The molecule has 0 aliphatic rings. The van der Waals surface area contributed by atoms with Gasteiger partial charge in [-0.05, 0) is 42.3 Å². The topological polar surface area (TPSA) is 52.6 Å². The lowest BCUT2D eigenvalue weighted by atomic mass is 10.1. The molecule has 24 heavy (non-hydrogen) atoms. The summed E-state index contributed by atoms with van der Waals surface area (Å²) in [6.45, 7) is 3.52. The van der Waals surface area contributed by atoms with Gasteiger partial charge < -0.3 is 15.5 Å². The number of nitrogens with one attached hydrogen (secondary N) is 2. The van der Waals surface area contributed by atoms with Gasteiger partial charge in [-0.1, -0.05) is 12.1 Å². The maximum absolute atomic E-state index is 4.29. The van der Waals surface area contributed by atoms with Crippen molar-refractivity contribution in [2.24, 2.45) is 4.99 Å². The minimum Gasteiger partial charge on any atom is -0.378 e. The van der Waals surface area contributed by atoms with Gasteiger partial charge in [0, 0.05) is 39.6 Å². The molecule has 0 saturated carbocycles. The van der Waals surface area contributed by atoms with Crippen molar-refractivity contribution in [1.29, 1.82) is 0 Å². The molecule has 0 saturated heterocycles. The molecular formula is C18H26IN5. The molecule has 1 aromatic heterocycles. The average molecular weight is 439 g/mol. The van der Waals surface area contributed by atoms with Crippen LogP contribution in [0.15, 0.2) is 47.6 Å². The van der Waals surface area contributed by atoms with E-state index < -0.39 is 0 Å². The molecule has 0 fully saturated rings. The van der Waals surface area contributed by atoms with Crippen LogP contribution in [0.4, 0.5) is 5.69 Å². The Bertz CT molecular complexity index is 656. The van der Waals surface area contributed by atoms with Gasteiger partial charge in [-0.15, -0.1) is 24.0 Å². The van der Waals surface area contributed by atoms with E-state index in [0.29, 0.717) is 6.54 Å². The van der Waals surface area contributed by atoms with Crippen molar-refractivity contribution in [3.05, 3.63) is 59.4 Å². The van der Waals surface area contributed by atoms with E-state index in [4.69, 9.17) is 0 Å². The molecule has 0 spiro atoms. The zero-order valence-corrected chi connectivity index (χ0v) is 17.0. The van der Waals surface area contributed by atoms with Crippen molar-refractivity contribution in [3.8, 4) is 0 Å². The van der Waals surface area contributed by atoms with E-state index in [1.165, 1.54) is 16.8 Å². The highest BCUT2D eigenvalue weighted by Gasteiger charge is 2.04. The molecule has 1 heterocycles. The summed E-state index contributed by atoms with van der Waals surface area (Å²) in [5, 5.41) is 6.62. The number of benzene rings is 1. The van der Waals surface area contributed by atoms with Crippen LogP contribution in [0, 0.1) is 6.92 Å². The lowest BCUT2D eigenvalue weighted by molar-refractivity contribution is 0.792. The molecule has 2 rings (SSSR count). The Morgan fingerprint density at radius 1 is 1.12 bits per heavy atom. The van der Waals surface area contributed by atoms with E-state index in [9.17, 15) is 0 Å². The van der Waals surface area contributed by atoms with Crippen LogP contribution >= 0.6 is 24.0 Å². The average Bonchev–Trinajstić information content (AvgIpc) is 2.57. The molecule has 0 aliphatic carbocycles. The predicted octanol–water partition coefficient (Wildman–Crippen LogP) is 2.94. The Morgan fingerprint density at radius 2 is 1.88 bits per heavy atom. The number of nitrogens with zero attached hydrogens (tertiary/aromatic N) is 3. The summed E-state index contributed by atoms with van der Waals surface area (Å²) in [5.74, 6) is 0.770. The van der Waals surface area contributed by atoms with Gasteiger partial charge in [0.05, 0.1) is 12.2 Å². The largest absolute Gasteiger partial charge is 0.378 e. The minimum absolute atomic E-state index is 0. The number of hydrogen-bond donors (Lipinski definition) is 2. The van der Waals surface area contributed by atoms with E-state index in [1.54, 1.807) is 13.2 Å². The second kappa shape index (κ2) is 10.1. The van der Waals surface area contributed by atoms with Gasteiger partial charge in [-0.25, -0.2) is 0 Å². The van der Waals surface area contributed by atoms with Crippen molar-refractivity contribution < 1.29 is 0 Å². The number of hydrogen-bond acceptors (Lipinski definition) is 3. The predicted molar refractivity (Wildman–Crippen MR) is 112 cm³/mol. The molecule has 0 bridgehead atoms. The molecule has 2 N–H and O–H groups in total. The van der Waals surface area contributed by atoms with Crippen LogP contribution in [0.5, 0.6) is 0 Å². The number of halogens is 1. The van der Waals surface area contributed by atoms with Gasteiger partial charge >= 0.3 is 0 Å². The number of aliphatic imine (C=N–C) groups is 1. The van der Waals surface area contributed by atoms with Gasteiger partial charge in [0.1, 0.15) is 0 Å². The van der Waals surface area contributed by atoms with Crippen molar-refractivity contribution in [2.75, 3.05) is 26.0 Å². The summed E-state index contributed by atoms with van der Waals surface area (Å²) in [5.41, 5.74) is 4.73.